The predicted molar refractivity (Wildman–Crippen MR) is 85.8 cm³/mol. The monoisotopic (exact) mass is 324 g/mol. The van der Waals surface area contributed by atoms with Crippen LogP contribution in [0.4, 0.5) is 0 Å². The van der Waals surface area contributed by atoms with Gasteiger partial charge in [0, 0.05) is 57.9 Å². The summed E-state index contributed by atoms with van der Waals surface area (Å²) in [6.07, 6.45) is 3.08. The number of piperazine rings is 1. The molecule has 0 saturated carbocycles. The Morgan fingerprint density at radius 2 is 2.32 bits per heavy atom. The first-order valence-electron chi connectivity index (χ1n) is 7.78. The number of hydrogen-bond acceptors (Lipinski definition) is 6. The lowest BCUT2D eigenvalue weighted by atomic mass is 10.1. The molecule has 0 bridgehead atoms. The number of aromatic nitrogens is 1. The summed E-state index contributed by atoms with van der Waals surface area (Å²) in [4.78, 5) is 22.6. The van der Waals surface area contributed by atoms with E-state index in [-0.39, 0.29) is 18.6 Å². The molecule has 2 aliphatic rings. The average Bonchev–Trinajstić information content (AvgIpc) is 3.13. The Morgan fingerprint density at radius 1 is 1.45 bits per heavy atom. The van der Waals surface area contributed by atoms with E-state index in [0.717, 1.165) is 39.1 Å². The summed E-state index contributed by atoms with van der Waals surface area (Å²) in [5, 5.41) is 3.23. The lowest BCUT2D eigenvalue weighted by Gasteiger charge is -2.36. The molecule has 2 saturated heterocycles. The molecule has 0 N–H and O–H groups in total. The molecular weight excluding hydrogens is 300 g/mol. The molecule has 6 nitrogen and oxygen atoms in total. The zero-order chi connectivity index (χ0) is 15.5. The lowest BCUT2D eigenvalue weighted by molar-refractivity contribution is -0.135. The van der Waals surface area contributed by atoms with Gasteiger partial charge in [-0.2, -0.15) is 0 Å². The Hall–Kier alpha value is -1.02. The molecule has 0 unspecified atom stereocenters. The smallest absolute Gasteiger partial charge is 0.248 e. The van der Waals surface area contributed by atoms with E-state index in [9.17, 15) is 4.79 Å². The molecule has 1 aromatic heterocycles. The maximum absolute atomic E-state index is 11.6. The summed E-state index contributed by atoms with van der Waals surface area (Å²) in [6.45, 7) is 5.34. The number of nitrogens with zero attached hydrogens (tertiary/aromatic N) is 4. The van der Waals surface area contributed by atoms with Crippen molar-refractivity contribution in [3.8, 4) is 0 Å². The fourth-order valence-electron chi connectivity index (χ4n) is 3.17. The highest BCUT2D eigenvalue weighted by molar-refractivity contribution is 7.09. The van der Waals surface area contributed by atoms with Crippen LogP contribution in [-0.2, 0) is 16.1 Å². The third kappa shape index (κ3) is 3.84. The first-order chi connectivity index (χ1) is 10.6. The standard InChI is InChI=1S/C15H24N4O2S/c1-17(2)15(20)11-21-13-7-12-8-18(4-5-19(12)9-13)10-14-16-3-6-22-14/h3,6,12-13H,4-5,7-11H2,1-2H3/t12-,13+/m0/s1. The van der Waals surface area contributed by atoms with Crippen LogP contribution in [0.15, 0.2) is 11.6 Å². The summed E-state index contributed by atoms with van der Waals surface area (Å²) in [5.74, 6) is 0.0373. The van der Waals surface area contributed by atoms with E-state index in [1.165, 1.54) is 5.01 Å². The third-order valence-corrected chi connectivity index (χ3v) is 5.21. The van der Waals surface area contributed by atoms with Gasteiger partial charge < -0.3 is 9.64 Å². The topological polar surface area (TPSA) is 48.9 Å². The quantitative estimate of drug-likeness (QED) is 0.790. The maximum Gasteiger partial charge on any atom is 0.248 e. The SMILES string of the molecule is CN(C)C(=O)CO[C@@H]1C[C@H]2CN(Cc3nccs3)CCN2C1. The van der Waals surface area contributed by atoms with Crippen molar-refractivity contribution in [3.05, 3.63) is 16.6 Å². The van der Waals surface area contributed by atoms with Crippen LogP contribution < -0.4 is 0 Å². The summed E-state index contributed by atoms with van der Waals surface area (Å²) < 4.78 is 5.80. The van der Waals surface area contributed by atoms with Gasteiger partial charge in [0.25, 0.3) is 0 Å². The van der Waals surface area contributed by atoms with E-state index in [1.807, 2.05) is 11.6 Å². The van der Waals surface area contributed by atoms with Crippen molar-refractivity contribution in [1.82, 2.24) is 19.7 Å². The van der Waals surface area contributed by atoms with Crippen molar-refractivity contribution in [1.29, 1.82) is 0 Å². The number of likely N-dealkylation sites (N-methyl/N-ethyl adjacent to an activating group) is 1. The highest BCUT2D eigenvalue weighted by Crippen LogP contribution is 2.25. The van der Waals surface area contributed by atoms with E-state index in [1.54, 1.807) is 30.3 Å². The molecule has 0 spiro atoms. The molecule has 0 aromatic carbocycles. The Bertz CT molecular complexity index is 494. The van der Waals surface area contributed by atoms with Gasteiger partial charge in [0.2, 0.25) is 5.91 Å². The van der Waals surface area contributed by atoms with Crippen LogP contribution in [0.5, 0.6) is 0 Å². The van der Waals surface area contributed by atoms with Crippen molar-refractivity contribution < 1.29 is 9.53 Å². The molecule has 1 aromatic rings. The number of rotatable bonds is 5. The third-order valence-electron chi connectivity index (χ3n) is 4.45. The normalized spacial score (nSPS) is 26.1. The van der Waals surface area contributed by atoms with Gasteiger partial charge in [-0.3, -0.25) is 14.6 Å². The molecule has 2 atom stereocenters. The molecule has 7 heteroatoms. The number of ether oxygens (including phenoxy) is 1. The molecule has 2 fully saturated rings. The van der Waals surface area contributed by atoms with Crippen LogP contribution >= 0.6 is 11.3 Å². The van der Waals surface area contributed by atoms with Crippen LogP contribution in [0, 0.1) is 0 Å². The fourth-order valence-corrected chi connectivity index (χ4v) is 3.82. The molecule has 1 amide bonds. The van der Waals surface area contributed by atoms with Gasteiger partial charge in [-0.15, -0.1) is 11.3 Å². The molecule has 2 aliphatic heterocycles. The average molecular weight is 324 g/mol. The summed E-state index contributed by atoms with van der Waals surface area (Å²) in [6, 6.07) is 0.549. The zero-order valence-electron chi connectivity index (χ0n) is 13.3. The first kappa shape index (κ1) is 15.9. The number of amides is 1. The number of hydrogen-bond donors (Lipinski definition) is 0. The van der Waals surface area contributed by atoms with Crippen LogP contribution in [0.1, 0.15) is 11.4 Å². The zero-order valence-corrected chi connectivity index (χ0v) is 14.1. The predicted octanol–water partition coefficient (Wildman–Crippen LogP) is 0.506. The summed E-state index contributed by atoms with van der Waals surface area (Å²) in [5.41, 5.74) is 0. The van der Waals surface area contributed by atoms with Gasteiger partial charge in [0.1, 0.15) is 11.6 Å². The second kappa shape index (κ2) is 7.04. The molecule has 0 aliphatic carbocycles. The number of fused-ring (bicyclic) bond motifs is 1. The van der Waals surface area contributed by atoms with Crippen molar-refractivity contribution in [2.75, 3.05) is 46.9 Å². The second-order valence-corrected chi connectivity index (χ2v) is 7.25. The Morgan fingerprint density at radius 3 is 3.05 bits per heavy atom. The van der Waals surface area contributed by atoms with E-state index < -0.39 is 0 Å². The summed E-state index contributed by atoms with van der Waals surface area (Å²) >= 11 is 1.72. The maximum atomic E-state index is 11.6. The molecule has 122 valence electrons. The van der Waals surface area contributed by atoms with E-state index >= 15 is 0 Å². The molecular formula is C15H24N4O2S. The Labute approximate surface area is 135 Å². The van der Waals surface area contributed by atoms with Crippen LogP contribution in [-0.4, -0.2) is 84.6 Å². The Balaban J connectivity index is 1.46. The van der Waals surface area contributed by atoms with Gasteiger partial charge >= 0.3 is 0 Å². The highest BCUT2D eigenvalue weighted by Gasteiger charge is 2.36. The van der Waals surface area contributed by atoms with Crippen LogP contribution in [0.3, 0.4) is 0 Å². The van der Waals surface area contributed by atoms with Gasteiger partial charge in [-0.1, -0.05) is 0 Å². The van der Waals surface area contributed by atoms with Crippen molar-refractivity contribution in [2.45, 2.75) is 25.1 Å². The van der Waals surface area contributed by atoms with Crippen molar-refractivity contribution >= 4 is 17.2 Å². The minimum absolute atomic E-state index is 0.0373. The van der Waals surface area contributed by atoms with Gasteiger partial charge in [0.05, 0.1) is 12.6 Å². The number of carbonyl (C=O) groups excluding carboxylic acids is 1. The molecule has 3 rings (SSSR count). The van der Waals surface area contributed by atoms with E-state index in [4.69, 9.17) is 4.74 Å². The molecule has 3 heterocycles. The van der Waals surface area contributed by atoms with Gasteiger partial charge in [-0.05, 0) is 6.42 Å². The van der Waals surface area contributed by atoms with Crippen LogP contribution in [0.2, 0.25) is 0 Å². The van der Waals surface area contributed by atoms with Crippen LogP contribution in [0.25, 0.3) is 0 Å². The van der Waals surface area contributed by atoms with Crippen molar-refractivity contribution in [3.63, 3.8) is 0 Å². The van der Waals surface area contributed by atoms with E-state index in [2.05, 4.69) is 14.8 Å². The summed E-state index contributed by atoms with van der Waals surface area (Å²) in [7, 11) is 3.53. The second-order valence-electron chi connectivity index (χ2n) is 6.27. The van der Waals surface area contributed by atoms with Gasteiger partial charge in [0.15, 0.2) is 0 Å². The van der Waals surface area contributed by atoms with Gasteiger partial charge in [-0.25, -0.2) is 4.98 Å². The van der Waals surface area contributed by atoms with Crippen molar-refractivity contribution in [2.24, 2.45) is 0 Å². The Kier molecular flexibility index (Phi) is 5.07. The minimum atomic E-state index is 0.0373. The highest BCUT2D eigenvalue weighted by atomic mass is 32.1. The number of carbonyl (C=O) groups is 1. The first-order valence-corrected chi connectivity index (χ1v) is 8.66. The molecule has 22 heavy (non-hydrogen) atoms. The lowest BCUT2D eigenvalue weighted by Crippen LogP contribution is -2.49. The largest absolute Gasteiger partial charge is 0.367 e. The molecule has 0 radical (unpaired) electrons. The van der Waals surface area contributed by atoms with E-state index in [0.29, 0.717) is 6.04 Å². The number of thiazole rings is 1. The fraction of sp³-hybridized carbons (Fsp3) is 0.733. The minimum Gasteiger partial charge on any atom is -0.367 e.